The third-order valence-corrected chi connectivity index (χ3v) is 2.48. The van der Waals surface area contributed by atoms with Gasteiger partial charge in [0.05, 0.1) is 6.10 Å². The van der Waals surface area contributed by atoms with Crippen LogP contribution in [-0.4, -0.2) is 18.2 Å². The predicted molar refractivity (Wildman–Crippen MR) is 63.9 cm³/mol. The highest BCUT2D eigenvalue weighted by molar-refractivity contribution is 6.25. The number of benzene rings is 1. The molecule has 2 N–H and O–H groups in total. The number of rotatable bonds is 5. The Bertz CT molecular complexity index is 311. The number of nitrogens with one attached hydrogen (secondary N) is 1. The van der Waals surface area contributed by atoms with Gasteiger partial charge in [-0.25, -0.2) is 0 Å². The van der Waals surface area contributed by atoms with Crippen molar-refractivity contribution in [2.45, 2.75) is 13.0 Å². The van der Waals surface area contributed by atoms with Crippen molar-refractivity contribution in [2.75, 3.05) is 13.1 Å². The van der Waals surface area contributed by atoms with Gasteiger partial charge in [-0.2, -0.15) is 0 Å². The molecule has 1 atom stereocenters. The first-order chi connectivity index (χ1) is 7.24. The molecule has 0 aliphatic rings. The van der Waals surface area contributed by atoms with Gasteiger partial charge in [0.2, 0.25) is 0 Å². The summed E-state index contributed by atoms with van der Waals surface area (Å²) in [6.07, 6.45) is -0.464. The molecule has 82 valence electrons. The number of hydrogen-bond donors (Lipinski definition) is 2. The van der Waals surface area contributed by atoms with Gasteiger partial charge in [-0.3, -0.25) is 0 Å². The Morgan fingerprint density at radius 1 is 1.47 bits per heavy atom. The van der Waals surface area contributed by atoms with E-state index in [2.05, 4.69) is 5.32 Å². The van der Waals surface area contributed by atoms with E-state index in [1.165, 1.54) is 0 Å². The molecule has 1 rings (SSSR count). The number of aliphatic hydroxyl groups excluding tert-OH is 1. The van der Waals surface area contributed by atoms with Crippen LogP contribution in [0.25, 0.3) is 0 Å². The van der Waals surface area contributed by atoms with Crippen LogP contribution in [-0.2, 0) is 0 Å². The fraction of sp³-hybridized carbons (Fsp3) is 0.333. The van der Waals surface area contributed by atoms with Gasteiger partial charge in [-0.15, -0.1) is 0 Å². The van der Waals surface area contributed by atoms with Crippen LogP contribution in [0, 0.1) is 0 Å². The minimum Gasteiger partial charge on any atom is -0.387 e. The fourth-order valence-corrected chi connectivity index (χ4v) is 1.31. The van der Waals surface area contributed by atoms with Gasteiger partial charge in [0.15, 0.2) is 0 Å². The van der Waals surface area contributed by atoms with Crippen molar-refractivity contribution in [3.05, 3.63) is 47.0 Å². The van der Waals surface area contributed by atoms with E-state index in [1.54, 1.807) is 5.54 Å². The zero-order valence-electron chi connectivity index (χ0n) is 8.78. The summed E-state index contributed by atoms with van der Waals surface area (Å²) in [4.78, 5) is 0. The molecule has 0 amide bonds. The molecule has 0 saturated heterocycles. The van der Waals surface area contributed by atoms with E-state index in [0.29, 0.717) is 13.1 Å². The van der Waals surface area contributed by atoms with Gasteiger partial charge >= 0.3 is 0 Å². The van der Waals surface area contributed by atoms with Crippen LogP contribution < -0.4 is 5.32 Å². The normalized spacial score (nSPS) is 13.9. The van der Waals surface area contributed by atoms with Crippen LogP contribution in [0.1, 0.15) is 18.6 Å². The minimum absolute atomic E-state index is 0.464. The van der Waals surface area contributed by atoms with Crippen LogP contribution in [0.3, 0.4) is 0 Å². The maximum Gasteiger partial charge on any atom is 0.0914 e. The zero-order chi connectivity index (χ0) is 11.1. The summed E-state index contributed by atoms with van der Waals surface area (Å²) in [5, 5.41) is 12.9. The Morgan fingerprint density at radius 2 is 2.13 bits per heavy atom. The second kappa shape index (κ2) is 6.62. The Kier molecular flexibility index (Phi) is 5.40. The van der Waals surface area contributed by atoms with E-state index in [0.717, 1.165) is 11.1 Å². The molecule has 0 aromatic heterocycles. The van der Waals surface area contributed by atoms with Crippen LogP contribution in [0.15, 0.2) is 41.4 Å². The molecule has 1 unspecified atom stereocenters. The summed E-state index contributed by atoms with van der Waals surface area (Å²) >= 11 is 5.52. The van der Waals surface area contributed by atoms with Crippen molar-refractivity contribution >= 4 is 11.6 Å². The van der Waals surface area contributed by atoms with Crippen molar-refractivity contribution in [1.82, 2.24) is 5.32 Å². The Morgan fingerprint density at radius 3 is 2.73 bits per heavy atom. The first kappa shape index (κ1) is 12.2. The summed E-state index contributed by atoms with van der Waals surface area (Å²) < 4.78 is 0. The predicted octanol–water partition coefficient (Wildman–Crippen LogP) is 2.45. The van der Waals surface area contributed by atoms with E-state index in [4.69, 9.17) is 11.6 Å². The van der Waals surface area contributed by atoms with Gasteiger partial charge < -0.3 is 10.4 Å². The molecular weight excluding hydrogens is 210 g/mol. The van der Waals surface area contributed by atoms with Crippen LogP contribution in [0.2, 0.25) is 0 Å². The van der Waals surface area contributed by atoms with Gasteiger partial charge in [0.1, 0.15) is 0 Å². The van der Waals surface area contributed by atoms with Crippen molar-refractivity contribution in [2.24, 2.45) is 0 Å². The average Bonchev–Trinajstić information content (AvgIpc) is 2.29. The van der Waals surface area contributed by atoms with Gasteiger partial charge in [0, 0.05) is 18.6 Å². The molecule has 0 spiro atoms. The second-order valence-corrected chi connectivity index (χ2v) is 3.73. The van der Waals surface area contributed by atoms with Gasteiger partial charge in [0.25, 0.3) is 0 Å². The molecular formula is C12H16ClNO. The molecule has 0 fully saturated rings. The van der Waals surface area contributed by atoms with Crippen LogP contribution in [0.4, 0.5) is 0 Å². The molecule has 1 aromatic rings. The van der Waals surface area contributed by atoms with E-state index in [1.807, 2.05) is 37.3 Å². The standard InChI is InChI=1S/C12H16ClNO/c1-10(7-13)8-14-9-12(15)11-5-3-2-4-6-11/h2-7,12,14-15H,8-9H2,1H3/b10-7-. The maximum atomic E-state index is 9.79. The second-order valence-electron chi connectivity index (χ2n) is 3.51. The Labute approximate surface area is 95.6 Å². The zero-order valence-corrected chi connectivity index (χ0v) is 9.54. The summed E-state index contributed by atoms with van der Waals surface area (Å²) in [5.74, 6) is 0. The molecule has 0 heterocycles. The molecule has 0 saturated carbocycles. The van der Waals surface area contributed by atoms with Crippen molar-refractivity contribution in [1.29, 1.82) is 0 Å². The van der Waals surface area contributed by atoms with Crippen LogP contribution in [0.5, 0.6) is 0 Å². The molecule has 0 aliphatic carbocycles. The van der Waals surface area contributed by atoms with E-state index >= 15 is 0 Å². The topological polar surface area (TPSA) is 32.3 Å². The quantitative estimate of drug-likeness (QED) is 0.807. The maximum absolute atomic E-state index is 9.79. The lowest BCUT2D eigenvalue weighted by Gasteiger charge is -2.11. The van der Waals surface area contributed by atoms with E-state index in [-0.39, 0.29) is 0 Å². The fourth-order valence-electron chi connectivity index (χ4n) is 1.24. The lowest BCUT2D eigenvalue weighted by molar-refractivity contribution is 0.176. The molecule has 15 heavy (non-hydrogen) atoms. The lowest BCUT2D eigenvalue weighted by atomic mass is 10.1. The van der Waals surface area contributed by atoms with E-state index < -0.39 is 6.10 Å². The van der Waals surface area contributed by atoms with Crippen molar-refractivity contribution < 1.29 is 5.11 Å². The number of aliphatic hydroxyl groups is 1. The smallest absolute Gasteiger partial charge is 0.0914 e. The first-order valence-electron chi connectivity index (χ1n) is 4.93. The third kappa shape index (κ3) is 4.47. The highest BCUT2D eigenvalue weighted by atomic mass is 35.5. The number of hydrogen-bond acceptors (Lipinski definition) is 2. The lowest BCUT2D eigenvalue weighted by Crippen LogP contribution is -2.23. The number of halogens is 1. The van der Waals surface area contributed by atoms with Gasteiger partial charge in [-0.1, -0.05) is 41.9 Å². The van der Waals surface area contributed by atoms with E-state index in [9.17, 15) is 5.11 Å². The third-order valence-electron chi connectivity index (χ3n) is 2.11. The minimum atomic E-state index is -0.464. The molecule has 3 heteroatoms. The molecule has 2 nitrogen and oxygen atoms in total. The molecule has 0 bridgehead atoms. The Hall–Kier alpha value is -0.830. The highest BCUT2D eigenvalue weighted by Gasteiger charge is 2.05. The first-order valence-corrected chi connectivity index (χ1v) is 5.37. The molecule has 0 radical (unpaired) electrons. The van der Waals surface area contributed by atoms with Crippen LogP contribution >= 0.6 is 11.6 Å². The average molecular weight is 226 g/mol. The molecule has 0 aliphatic heterocycles. The Balaban J connectivity index is 2.34. The van der Waals surface area contributed by atoms with Crippen molar-refractivity contribution in [3.63, 3.8) is 0 Å². The van der Waals surface area contributed by atoms with Gasteiger partial charge in [-0.05, 0) is 18.1 Å². The summed E-state index contributed by atoms with van der Waals surface area (Å²) in [6.45, 7) is 3.17. The summed E-state index contributed by atoms with van der Waals surface area (Å²) in [7, 11) is 0. The highest BCUT2D eigenvalue weighted by Crippen LogP contribution is 2.10. The van der Waals surface area contributed by atoms with Crippen molar-refractivity contribution in [3.8, 4) is 0 Å². The monoisotopic (exact) mass is 225 g/mol. The summed E-state index contributed by atoms with van der Waals surface area (Å²) in [6, 6.07) is 9.60. The summed E-state index contributed by atoms with van der Waals surface area (Å²) in [5.41, 5.74) is 3.52. The SMILES string of the molecule is C/C(=C/Cl)CNCC(O)c1ccccc1. The molecule has 1 aromatic carbocycles. The largest absolute Gasteiger partial charge is 0.387 e.